The Bertz CT molecular complexity index is 842. The molecule has 1 aliphatic heterocycles. The topological polar surface area (TPSA) is 122 Å². The number of nitrogens with zero attached hydrogens (tertiary/aromatic N) is 1. The lowest BCUT2D eigenvalue weighted by Gasteiger charge is -2.19. The third kappa shape index (κ3) is 3.59. The summed E-state index contributed by atoms with van der Waals surface area (Å²) in [6, 6.07) is 8.26. The van der Waals surface area contributed by atoms with Crippen molar-refractivity contribution < 1.29 is 28.7 Å². The molecule has 9 nitrogen and oxygen atoms in total. The highest BCUT2D eigenvalue weighted by atomic mass is 16.5. The highest BCUT2D eigenvalue weighted by Crippen LogP contribution is 2.56. The number of hydrazine groups is 1. The van der Waals surface area contributed by atoms with E-state index in [4.69, 9.17) is 4.74 Å². The molecule has 2 bridgehead atoms. The van der Waals surface area contributed by atoms with Gasteiger partial charge in [-0.1, -0.05) is 18.2 Å². The van der Waals surface area contributed by atoms with Crippen LogP contribution in [0.1, 0.15) is 29.6 Å². The molecule has 29 heavy (non-hydrogen) atoms. The Balaban J connectivity index is 1.22. The SMILES string of the molecule is O=C(COC(=O)CN1C(=O)[C@@H]2[C@H]3CC[C@@H](C3)[C@@H]2C1=O)NNC(=O)c1ccccc1. The average Bonchev–Trinajstić information content (AvgIpc) is 3.41. The van der Waals surface area contributed by atoms with Gasteiger partial charge in [0.05, 0.1) is 11.8 Å². The molecular formula is C20H21N3O6. The number of benzene rings is 1. The molecule has 1 heterocycles. The van der Waals surface area contributed by atoms with Gasteiger partial charge in [-0.3, -0.25) is 39.7 Å². The first-order valence-electron chi connectivity index (χ1n) is 9.60. The molecule has 2 N–H and O–H groups in total. The van der Waals surface area contributed by atoms with E-state index in [2.05, 4.69) is 10.9 Å². The van der Waals surface area contributed by atoms with Gasteiger partial charge in [-0.15, -0.1) is 0 Å². The first-order valence-corrected chi connectivity index (χ1v) is 9.60. The molecule has 0 aromatic heterocycles. The summed E-state index contributed by atoms with van der Waals surface area (Å²) in [4.78, 5) is 61.7. The molecule has 2 aliphatic carbocycles. The van der Waals surface area contributed by atoms with Crippen LogP contribution in [-0.2, 0) is 23.9 Å². The van der Waals surface area contributed by atoms with Crippen LogP contribution >= 0.6 is 0 Å². The Kier molecular flexibility index (Phi) is 5.04. The second kappa shape index (κ2) is 7.65. The number of esters is 1. The predicted octanol–water partition coefficient (Wildman–Crippen LogP) is 0.0219. The molecule has 4 rings (SSSR count). The van der Waals surface area contributed by atoms with Gasteiger partial charge < -0.3 is 4.74 Å². The highest BCUT2D eigenvalue weighted by Gasteiger charge is 2.61. The molecule has 4 atom stereocenters. The number of carbonyl (C=O) groups excluding carboxylic acids is 5. The molecule has 152 valence electrons. The van der Waals surface area contributed by atoms with Crippen molar-refractivity contribution in [2.24, 2.45) is 23.7 Å². The number of nitrogens with one attached hydrogen (secondary N) is 2. The van der Waals surface area contributed by atoms with E-state index in [0.29, 0.717) is 5.56 Å². The molecule has 2 saturated carbocycles. The van der Waals surface area contributed by atoms with Gasteiger partial charge >= 0.3 is 5.97 Å². The smallest absolute Gasteiger partial charge is 0.326 e. The fourth-order valence-corrected chi connectivity index (χ4v) is 4.77. The minimum Gasteiger partial charge on any atom is -0.454 e. The summed E-state index contributed by atoms with van der Waals surface area (Å²) in [7, 11) is 0. The number of likely N-dealkylation sites (tertiary alicyclic amines) is 1. The normalized spacial score (nSPS) is 27.0. The van der Waals surface area contributed by atoms with E-state index in [1.54, 1.807) is 30.3 Å². The van der Waals surface area contributed by atoms with E-state index in [9.17, 15) is 24.0 Å². The van der Waals surface area contributed by atoms with Gasteiger partial charge in [0.2, 0.25) is 11.8 Å². The van der Waals surface area contributed by atoms with E-state index in [1.165, 1.54) is 0 Å². The van der Waals surface area contributed by atoms with E-state index >= 15 is 0 Å². The molecule has 1 aromatic carbocycles. The second-order valence-electron chi connectivity index (χ2n) is 7.68. The van der Waals surface area contributed by atoms with Crippen molar-refractivity contribution in [3.8, 4) is 0 Å². The van der Waals surface area contributed by atoms with Crippen LogP contribution in [0.2, 0.25) is 0 Å². The van der Waals surface area contributed by atoms with Crippen molar-refractivity contribution in [1.82, 2.24) is 15.8 Å². The minimum atomic E-state index is -0.844. The molecule has 0 spiro atoms. The zero-order valence-electron chi connectivity index (χ0n) is 15.6. The Hall–Kier alpha value is -3.23. The van der Waals surface area contributed by atoms with Crippen molar-refractivity contribution >= 4 is 29.6 Å². The van der Waals surface area contributed by atoms with Crippen molar-refractivity contribution in [2.45, 2.75) is 19.3 Å². The minimum absolute atomic E-state index is 0.237. The summed E-state index contributed by atoms with van der Waals surface area (Å²) in [5.74, 6) is -2.83. The highest BCUT2D eigenvalue weighted by molar-refractivity contribution is 6.07. The molecule has 0 unspecified atom stereocenters. The lowest BCUT2D eigenvalue weighted by atomic mass is 9.81. The van der Waals surface area contributed by atoms with Crippen LogP contribution in [0.4, 0.5) is 0 Å². The monoisotopic (exact) mass is 399 g/mol. The largest absolute Gasteiger partial charge is 0.454 e. The Morgan fingerprint density at radius 2 is 1.59 bits per heavy atom. The van der Waals surface area contributed by atoms with Gasteiger partial charge in [0, 0.05) is 5.56 Å². The van der Waals surface area contributed by atoms with Gasteiger partial charge in [0.25, 0.3) is 11.8 Å². The lowest BCUT2D eigenvalue weighted by molar-refractivity contribution is -0.155. The number of rotatable bonds is 5. The summed E-state index contributed by atoms with van der Waals surface area (Å²) >= 11 is 0. The quantitative estimate of drug-likeness (QED) is 0.409. The molecule has 1 aromatic rings. The molecule has 3 fully saturated rings. The molecule has 4 amide bonds. The number of hydrogen-bond donors (Lipinski definition) is 2. The van der Waals surface area contributed by atoms with Crippen LogP contribution in [0, 0.1) is 23.7 Å². The van der Waals surface area contributed by atoms with Gasteiger partial charge in [0.1, 0.15) is 6.54 Å². The van der Waals surface area contributed by atoms with Crippen molar-refractivity contribution in [2.75, 3.05) is 13.2 Å². The lowest BCUT2D eigenvalue weighted by Crippen LogP contribution is -2.44. The number of fused-ring (bicyclic) bond motifs is 5. The van der Waals surface area contributed by atoms with Gasteiger partial charge in [-0.2, -0.15) is 0 Å². The number of imide groups is 1. The van der Waals surface area contributed by atoms with Crippen LogP contribution in [0.3, 0.4) is 0 Å². The summed E-state index contributed by atoms with van der Waals surface area (Å²) < 4.78 is 4.84. The molecule has 9 heteroatoms. The fraction of sp³-hybridized carbons (Fsp3) is 0.450. The Labute approximate surface area is 166 Å². The van der Waals surface area contributed by atoms with E-state index in [1.807, 2.05) is 0 Å². The summed E-state index contributed by atoms with van der Waals surface area (Å²) in [5.41, 5.74) is 4.70. The van der Waals surface area contributed by atoms with Crippen molar-refractivity contribution in [3.05, 3.63) is 35.9 Å². The van der Waals surface area contributed by atoms with Gasteiger partial charge in [-0.05, 0) is 43.2 Å². The van der Waals surface area contributed by atoms with E-state index in [-0.39, 0.29) is 35.5 Å². The number of carbonyl (C=O) groups is 5. The maximum absolute atomic E-state index is 12.5. The molecule has 0 radical (unpaired) electrons. The van der Waals surface area contributed by atoms with E-state index in [0.717, 1.165) is 24.2 Å². The molecule has 3 aliphatic rings. The first kappa shape index (κ1) is 19.1. The molecular weight excluding hydrogens is 378 g/mol. The van der Waals surface area contributed by atoms with Crippen LogP contribution in [0.15, 0.2) is 30.3 Å². The van der Waals surface area contributed by atoms with E-state index < -0.39 is 30.9 Å². The Morgan fingerprint density at radius 3 is 2.21 bits per heavy atom. The van der Waals surface area contributed by atoms with Gasteiger partial charge in [-0.25, -0.2) is 0 Å². The standard InChI is InChI=1S/C20H21N3O6/c24-14(21-22-18(26)11-4-2-1-3-5-11)10-29-15(25)9-23-19(27)16-12-6-7-13(8-12)17(16)20(23)28/h1-5,12-13,16-17H,6-10H2,(H,21,24)(H,22,26)/t12-,13-,16-,17+/m0/s1. The number of amides is 4. The van der Waals surface area contributed by atoms with Crippen molar-refractivity contribution in [1.29, 1.82) is 0 Å². The predicted molar refractivity (Wildman–Crippen MR) is 97.5 cm³/mol. The average molecular weight is 399 g/mol. The van der Waals surface area contributed by atoms with Crippen LogP contribution < -0.4 is 10.9 Å². The second-order valence-corrected chi connectivity index (χ2v) is 7.68. The maximum Gasteiger partial charge on any atom is 0.326 e. The number of hydrogen-bond acceptors (Lipinski definition) is 6. The van der Waals surface area contributed by atoms with Crippen LogP contribution in [-0.4, -0.2) is 47.6 Å². The Morgan fingerprint density at radius 1 is 0.966 bits per heavy atom. The summed E-state index contributed by atoms with van der Waals surface area (Å²) in [5, 5.41) is 0. The van der Waals surface area contributed by atoms with Crippen molar-refractivity contribution in [3.63, 3.8) is 0 Å². The third-order valence-corrected chi connectivity index (χ3v) is 6.02. The summed E-state index contributed by atoms with van der Waals surface area (Å²) in [6.45, 7) is -1.13. The zero-order chi connectivity index (χ0) is 20.5. The van der Waals surface area contributed by atoms with Gasteiger partial charge in [0.15, 0.2) is 6.61 Å². The zero-order valence-corrected chi connectivity index (χ0v) is 15.6. The molecule has 1 saturated heterocycles. The van der Waals surface area contributed by atoms with Crippen LogP contribution in [0.5, 0.6) is 0 Å². The third-order valence-electron chi connectivity index (χ3n) is 6.02. The fourth-order valence-electron chi connectivity index (χ4n) is 4.77. The number of ether oxygens (including phenoxy) is 1. The summed E-state index contributed by atoms with van der Waals surface area (Å²) in [6.07, 6.45) is 2.83. The maximum atomic E-state index is 12.5. The van der Waals surface area contributed by atoms with Crippen LogP contribution in [0.25, 0.3) is 0 Å². The first-order chi connectivity index (χ1) is 14.0.